The number of nitrogens with one attached hydrogen (secondary N) is 1. The van der Waals surface area contributed by atoms with Gasteiger partial charge in [0, 0.05) is 19.3 Å². The molecule has 3 heteroatoms. The topological polar surface area (TPSA) is 45.0 Å². The van der Waals surface area contributed by atoms with Crippen molar-refractivity contribution in [3.63, 3.8) is 0 Å². The number of rotatable bonds is 8. The Morgan fingerprint density at radius 1 is 1.32 bits per heavy atom. The van der Waals surface area contributed by atoms with E-state index in [1.54, 1.807) is 0 Å². The largest absolute Gasteiger partial charge is 0.381 e. The second-order valence-electron chi connectivity index (χ2n) is 6.67. The van der Waals surface area contributed by atoms with Crippen LogP contribution < -0.4 is 5.32 Å². The zero-order valence-corrected chi connectivity index (χ0v) is 12.5. The van der Waals surface area contributed by atoms with Crippen LogP contribution in [0, 0.1) is 23.2 Å². The summed E-state index contributed by atoms with van der Waals surface area (Å²) in [5.41, 5.74) is -0.247. The monoisotopic (exact) mass is 264 g/mol. The minimum Gasteiger partial charge on any atom is -0.381 e. The highest BCUT2D eigenvalue weighted by Gasteiger charge is 2.45. The molecule has 0 spiro atoms. The third kappa shape index (κ3) is 4.19. The first-order chi connectivity index (χ1) is 9.16. The van der Waals surface area contributed by atoms with Crippen LogP contribution in [0.3, 0.4) is 0 Å². The van der Waals surface area contributed by atoms with E-state index in [-0.39, 0.29) is 5.54 Å². The van der Waals surface area contributed by atoms with Gasteiger partial charge in [-0.2, -0.15) is 5.26 Å². The maximum atomic E-state index is 9.59. The van der Waals surface area contributed by atoms with Crippen molar-refractivity contribution in [3.8, 4) is 6.07 Å². The molecule has 2 unspecified atom stereocenters. The minimum atomic E-state index is -0.247. The highest BCUT2D eigenvalue weighted by atomic mass is 16.5. The summed E-state index contributed by atoms with van der Waals surface area (Å²) in [5, 5.41) is 13.2. The zero-order chi connectivity index (χ0) is 13.7. The number of hydrogen-bond acceptors (Lipinski definition) is 3. The van der Waals surface area contributed by atoms with Crippen molar-refractivity contribution in [2.24, 2.45) is 11.8 Å². The van der Waals surface area contributed by atoms with Crippen molar-refractivity contribution in [1.29, 1.82) is 5.26 Å². The first-order valence-corrected chi connectivity index (χ1v) is 7.93. The van der Waals surface area contributed by atoms with E-state index < -0.39 is 0 Å². The van der Waals surface area contributed by atoms with E-state index in [1.165, 1.54) is 25.7 Å². The summed E-state index contributed by atoms with van der Waals surface area (Å²) in [5.74, 6) is 1.19. The van der Waals surface area contributed by atoms with Gasteiger partial charge in [-0.25, -0.2) is 0 Å². The standard InChI is InChI=1S/C16H28N2O/c1-13(2)7-10-19-11-8-14-4-3-9-16(14,12-17)18-15-5-6-15/h13-15,18H,3-11H2,1-2H3. The van der Waals surface area contributed by atoms with E-state index in [1.807, 2.05) is 0 Å². The Hall–Kier alpha value is -0.590. The average Bonchev–Trinajstić information content (AvgIpc) is 3.09. The number of hydrogen-bond donors (Lipinski definition) is 1. The van der Waals surface area contributed by atoms with Crippen molar-refractivity contribution in [1.82, 2.24) is 5.32 Å². The van der Waals surface area contributed by atoms with Gasteiger partial charge >= 0.3 is 0 Å². The van der Waals surface area contributed by atoms with Crippen molar-refractivity contribution in [2.45, 2.75) is 70.4 Å². The van der Waals surface area contributed by atoms with E-state index in [9.17, 15) is 5.26 Å². The van der Waals surface area contributed by atoms with Crippen LogP contribution in [0.2, 0.25) is 0 Å². The van der Waals surface area contributed by atoms with Gasteiger partial charge in [0.1, 0.15) is 5.54 Å². The quantitative estimate of drug-likeness (QED) is 0.684. The molecule has 2 atom stereocenters. The Bertz CT molecular complexity index is 319. The summed E-state index contributed by atoms with van der Waals surface area (Å²) in [4.78, 5) is 0. The highest BCUT2D eigenvalue weighted by Crippen LogP contribution is 2.40. The number of nitrogens with zero attached hydrogens (tertiary/aromatic N) is 1. The van der Waals surface area contributed by atoms with Gasteiger partial charge in [-0.1, -0.05) is 20.3 Å². The number of ether oxygens (including phenoxy) is 1. The van der Waals surface area contributed by atoms with Gasteiger partial charge < -0.3 is 4.74 Å². The first-order valence-electron chi connectivity index (χ1n) is 7.93. The van der Waals surface area contributed by atoms with Gasteiger partial charge in [-0.05, 0) is 50.4 Å². The average molecular weight is 264 g/mol. The predicted molar refractivity (Wildman–Crippen MR) is 76.7 cm³/mol. The second kappa shape index (κ2) is 6.72. The van der Waals surface area contributed by atoms with Gasteiger partial charge in [-0.3, -0.25) is 5.32 Å². The molecule has 0 radical (unpaired) electrons. The lowest BCUT2D eigenvalue weighted by Crippen LogP contribution is -2.48. The maximum absolute atomic E-state index is 9.59. The number of nitriles is 1. The lowest BCUT2D eigenvalue weighted by molar-refractivity contribution is 0.103. The first kappa shape index (κ1) is 14.8. The third-order valence-electron chi connectivity index (χ3n) is 4.51. The van der Waals surface area contributed by atoms with Crippen LogP contribution in [-0.4, -0.2) is 24.8 Å². The van der Waals surface area contributed by atoms with Crippen molar-refractivity contribution in [2.75, 3.05) is 13.2 Å². The van der Waals surface area contributed by atoms with Crippen LogP contribution in [0.15, 0.2) is 0 Å². The fourth-order valence-corrected chi connectivity index (χ4v) is 3.08. The molecule has 1 N–H and O–H groups in total. The van der Waals surface area contributed by atoms with Crippen molar-refractivity contribution in [3.05, 3.63) is 0 Å². The predicted octanol–water partition coefficient (Wildman–Crippen LogP) is 3.25. The molecule has 0 aromatic carbocycles. The molecular formula is C16H28N2O. The molecule has 2 saturated carbocycles. The van der Waals surface area contributed by atoms with E-state index in [4.69, 9.17) is 4.74 Å². The summed E-state index contributed by atoms with van der Waals surface area (Å²) < 4.78 is 5.73. The van der Waals surface area contributed by atoms with E-state index in [0.717, 1.165) is 32.5 Å². The molecular weight excluding hydrogens is 236 g/mol. The van der Waals surface area contributed by atoms with Crippen LogP contribution in [0.5, 0.6) is 0 Å². The lowest BCUT2D eigenvalue weighted by Gasteiger charge is -2.30. The van der Waals surface area contributed by atoms with Gasteiger partial charge in [0.05, 0.1) is 6.07 Å². The smallest absolute Gasteiger partial charge is 0.109 e. The summed E-state index contributed by atoms with van der Waals surface area (Å²) in [6.45, 7) is 6.12. The summed E-state index contributed by atoms with van der Waals surface area (Å²) >= 11 is 0. The minimum absolute atomic E-state index is 0.247. The van der Waals surface area contributed by atoms with Crippen LogP contribution in [0.1, 0.15) is 58.8 Å². The van der Waals surface area contributed by atoms with Crippen LogP contribution in [-0.2, 0) is 4.74 Å². The molecule has 108 valence electrons. The molecule has 0 amide bonds. The van der Waals surface area contributed by atoms with Crippen LogP contribution in [0.4, 0.5) is 0 Å². The molecule has 0 aromatic rings. The van der Waals surface area contributed by atoms with Crippen molar-refractivity contribution >= 4 is 0 Å². The molecule has 3 nitrogen and oxygen atoms in total. The fourth-order valence-electron chi connectivity index (χ4n) is 3.08. The highest BCUT2D eigenvalue weighted by molar-refractivity contribution is 5.16. The van der Waals surface area contributed by atoms with E-state index in [0.29, 0.717) is 17.9 Å². The third-order valence-corrected chi connectivity index (χ3v) is 4.51. The Morgan fingerprint density at radius 2 is 2.11 bits per heavy atom. The SMILES string of the molecule is CC(C)CCOCCC1CCCC1(C#N)NC1CC1. The Balaban J connectivity index is 1.73. The van der Waals surface area contributed by atoms with Crippen LogP contribution >= 0.6 is 0 Å². The Labute approximate surface area is 117 Å². The Morgan fingerprint density at radius 3 is 2.74 bits per heavy atom. The molecule has 2 aliphatic carbocycles. The summed E-state index contributed by atoms with van der Waals surface area (Å²) in [6, 6.07) is 3.20. The van der Waals surface area contributed by atoms with Gasteiger partial charge in [0.2, 0.25) is 0 Å². The van der Waals surface area contributed by atoms with Gasteiger partial charge in [-0.15, -0.1) is 0 Å². The molecule has 0 aliphatic heterocycles. The zero-order valence-electron chi connectivity index (χ0n) is 12.5. The molecule has 2 fully saturated rings. The lowest BCUT2D eigenvalue weighted by atomic mass is 9.86. The fraction of sp³-hybridized carbons (Fsp3) is 0.938. The molecule has 0 bridgehead atoms. The van der Waals surface area contributed by atoms with Crippen LogP contribution in [0.25, 0.3) is 0 Å². The molecule has 2 rings (SSSR count). The molecule has 19 heavy (non-hydrogen) atoms. The summed E-state index contributed by atoms with van der Waals surface area (Å²) in [6.07, 6.45) is 8.06. The van der Waals surface area contributed by atoms with E-state index in [2.05, 4.69) is 25.2 Å². The Kier molecular flexibility index (Phi) is 5.24. The summed E-state index contributed by atoms with van der Waals surface area (Å²) in [7, 11) is 0. The molecule has 2 aliphatic rings. The molecule has 0 aromatic heterocycles. The van der Waals surface area contributed by atoms with Crippen molar-refractivity contribution < 1.29 is 4.74 Å². The van der Waals surface area contributed by atoms with E-state index >= 15 is 0 Å². The van der Waals surface area contributed by atoms with Gasteiger partial charge in [0.15, 0.2) is 0 Å². The molecule has 0 saturated heterocycles. The maximum Gasteiger partial charge on any atom is 0.109 e. The normalized spacial score (nSPS) is 30.7. The second-order valence-corrected chi connectivity index (χ2v) is 6.67. The molecule has 0 heterocycles. The van der Waals surface area contributed by atoms with Gasteiger partial charge in [0.25, 0.3) is 0 Å².